The van der Waals surface area contributed by atoms with Gasteiger partial charge in [0.1, 0.15) is 5.75 Å². The van der Waals surface area contributed by atoms with Crippen LogP contribution in [0, 0.1) is 0 Å². The van der Waals surface area contributed by atoms with Gasteiger partial charge in [-0.05, 0) is 51.5 Å². The average molecular weight is 221 g/mol. The molecule has 0 saturated carbocycles. The fraction of sp³-hybridized carbons (Fsp3) is 0.571. The van der Waals surface area contributed by atoms with Crippen LogP contribution in [0.4, 0.5) is 0 Å². The maximum Gasteiger partial charge on any atom is 0.119 e. The Kier molecular flexibility index (Phi) is 6.66. The normalized spacial score (nSPS) is 10.7. The minimum atomic E-state index is 0.833. The largest absolute Gasteiger partial charge is 0.494 e. The predicted octanol–water partition coefficient (Wildman–Crippen LogP) is 3.19. The number of nitrogens with zero attached hydrogens (tertiary/aromatic N) is 1. The summed E-state index contributed by atoms with van der Waals surface area (Å²) < 4.78 is 5.63. The van der Waals surface area contributed by atoms with Gasteiger partial charge in [0.15, 0.2) is 0 Å². The van der Waals surface area contributed by atoms with Crippen molar-refractivity contribution in [2.45, 2.75) is 26.2 Å². The SMILES string of the molecule is CCN(C)CCCCCOc1ccccc1. The third-order valence-electron chi connectivity index (χ3n) is 2.74. The van der Waals surface area contributed by atoms with Crippen molar-refractivity contribution in [3.05, 3.63) is 30.3 Å². The molecule has 0 saturated heterocycles. The number of benzene rings is 1. The van der Waals surface area contributed by atoms with Crippen molar-refractivity contribution in [2.24, 2.45) is 0 Å². The molecule has 16 heavy (non-hydrogen) atoms. The lowest BCUT2D eigenvalue weighted by Crippen LogP contribution is -2.18. The Bertz CT molecular complexity index is 261. The molecule has 0 spiro atoms. The Hall–Kier alpha value is -1.02. The van der Waals surface area contributed by atoms with Gasteiger partial charge in [-0.25, -0.2) is 0 Å². The van der Waals surface area contributed by atoms with Gasteiger partial charge in [0.05, 0.1) is 6.61 Å². The zero-order valence-electron chi connectivity index (χ0n) is 10.5. The van der Waals surface area contributed by atoms with Crippen LogP contribution in [-0.2, 0) is 0 Å². The highest BCUT2D eigenvalue weighted by atomic mass is 16.5. The lowest BCUT2D eigenvalue weighted by atomic mass is 10.2. The van der Waals surface area contributed by atoms with Gasteiger partial charge in [0.25, 0.3) is 0 Å². The molecular formula is C14H23NO. The van der Waals surface area contributed by atoms with E-state index < -0.39 is 0 Å². The van der Waals surface area contributed by atoms with E-state index in [1.165, 1.54) is 19.4 Å². The molecule has 0 aliphatic carbocycles. The Labute approximate surface area is 99.2 Å². The lowest BCUT2D eigenvalue weighted by molar-refractivity contribution is 0.293. The molecule has 0 amide bonds. The molecule has 0 aromatic heterocycles. The highest BCUT2D eigenvalue weighted by Crippen LogP contribution is 2.09. The van der Waals surface area contributed by atoms with Gasteiger partial charge < -0.3 is 9.64 Å². The third kappa shape index (κ3) is 5.76. The van der Waals surface area contributed by atoms with Crippen LogP contribution in [0.2, 0.25) is 0 Å². The smallest absolute Gasteiger partial charge is 0.119 e. The van der Waals surface area contributed by atoms with E-state index in [1.54, 1.807) is 0 Å². The number of para-hydroxylation sites is 1. The summed E-state index contributed by atoms with van der Waals surface area (Å²) in [6.45, 7) is 5.36. The first-order valence-electron chi connectivity index (χ1n) is 6.19. The van der Waals surface area contributed by atoms with Crippen LogP contribution in [-0.4, -0.2) is 31.6 Å². The van der Waals surface area contributed by atoms with E-state index in [0.29, 0.717) is 0 Å². The Morgan fingerprint density at radius 1 is 1.06 bits per heavy atom. The van der Waals surface area contributed by atoms with Crippen molar-refractivity contribution in [3.8, 4) is 5.75 Å². The van der Waals surface area contributed by atoms with Crippen LogP contribution in [0.25, 0.3) is 0 Å². The highest BCUT2D eigenvalue weighted by molar-refractivity contribution is 5.20. The van der Waals surface area contributed by atoms with E-state index in [4.69, 9.17) is 4.74 Å². The Morgan fingerprint density at radius 3 is 2.50 bits per heavy atom. The molecule has 0 bridgehead atoms. The molecule has 1 aromatic rings. The van der Waals surface area contributed by atoms with E-state index in [1.807, 2.05) is 30.3 Å². The zero-order valence-corrected chi connectivity index (χ0v) is 10.5. The summed E-state index contributed by atoms with van der Waals surface area (Å²) in [6.07, 6.45) is 3.66. The van der Waals surface area contributed by atoms with Gasteiger partial charge in [0, 0.05) is 0 Å². The quantitative estimate of drug-likeness (QED) is 0.625. The van der Waals surface area contributed by atoms with Crippen molar-refractivity contribution in [1.82, 2.24) is 4.90 Å². The second-order valence-corrected chi connectivity index (χ2v) is 4.12. The van der Waals surface area contributed by atoms with Crippen molar-refractivity contribution in [1.29, 1.82) is 0 Å². The molecular weight excluding hydrogens is 198 g/mol. The fourth-order valence-corrected chi connectivity index (χ4v) is 1.53. The molecule has 0 heterocycles. The van der Waals surface area contributed by atoms with Gasteiger partial charge in [-0.1, -0.05) is 25.1 Å². The summed E-state index contributed by atoms with van der Waals surface area (Å²) >= 11 is 0. The summed E-state index contributed by atoms with van der Waals surface area (Å²) in [4.78, 5) is 2.35. The first kappa shape index (κ1) is 13.0. The third-order valence-corrected chi connectivity index (χ3v) is 2.74. The van der Waals surface area contributed by atoms with E-state index in [0.717, 1.165) is 25.3 Å². The highest BCUT2D eigenvalue weighted by Gasteiger charge is 1.95. The average Bonchev–Trinajstić information content (AvgIpc) is 2.34. The fourth-order valence-electron chi connectivity index (χ4n) is 1.53. The van der Waals surface area contributed by atoms with Crippen LogP contribution in [0.15, 0.2) is 30.3 Å². The maximum absolute atomic E-state index is 5.63. The van der Waals surface area contributed by atoms with Crippen LogP contribution in [0.3, 0.4) is 0 Å². The first-order valence-corrected chi connectivity index (χ1v) is 6.19. The van der Waals surface area contributed by atoms with Gasteiger partial charge in [-0.2, -0.15) is 0 Å². The monoisotopic (exact) mass is 221 g/mol. The molecule has 2 nitrogen and oxygen atoms in total. The molecule has 0 fully saturated rings. The molecule has 0 radical (unpaired) electrons. The molecule has 0 aliphatic rings. The van der Waals surface area contributed by atoms with E-state index in [-0.39, 0.29) is 0 Å². The second-order valence-electron chi connectivity index (χ2n) is 4.12. The molecule has 1 aromatic carbocycles. The predicted molar refractivity (Wildman–Crippen MR) is 69.0 cm³/mol. The van der Waals surface area contributed by atoms with Crippen molar-refractivity contribution < 1.29 is 4.74 Å². The minimum absolute atomic E-state index is 0.833. The van der Waals surface area contributed by atoms with Crippen LogP contribution < -0.4 is 4.74 Å². The van der Waals surface area contributed by atoms with E-state index in [2.05, 4.69) is 18.9 Å². The van der Waals surface area contributed by atoms with E-state index >= 15 is 0 Å². The number of hydrogen-bond donors (Lipinski definition) is 0. The molecule has 0 N–H and O–H groups in total. The lowest BCUT2D eigenvalue weighted by Gasteiger charge is -2.13. The standard InChI is InChI=1S/C14H23NO/c1-3-15(2)12-8-5-9-13-16-14-10-6-4-7-11-14/h4,6-7,10-11H,3,5,8-9,12-13H2,1-2H3. The first-order chi connectivity index (χ1) is 7.83. The Morgan fingerprint density at radius 2 is 1.81 bits per heavy atom. The van der Waals surface area contributed by atoms with Crippen molar-refractivity contribution in [3.63, 3.8) is 0 Å². The van der Waals surface area contributed by atoms with Gasteiger partial charge in [0.2, 0.25) is 0 Å². The molecule has 0 atom stereocenters. The van der Waals surface area contributed by atoms with Crippen LogP contribution >= 0.6 is 0 Å². The number of rotatable bonds is 8. The maximum atomic E-state index is 5.63. The van der Waals surface area contributed by atoms with Crippen LogP contribution in [0.1, 0.15) is 26.2 Å². The molecule has 1 rings (SSSR count). The topological polar surface area (TPSA) is 12.5 Å². The summed E-state index contributed by atoms with van der Waals surface area (Å²) in [5.41, 5.74) is 0. The van der Waals surface area contributed by atoms with Gasteiger partial charge in [-0.15, -0.1) is 0 Å². The molecule has 90 valence electrons. The summed E-state index contributed by atoms with van der Waals surface area (Å²) in [5.74, 6) is 0.980. The molecule has 0 unspecified atom stereocenters. The Balaban J connectivity index is 1.96. The van der Waals surface area contributed by atoms with Gasteiger partial charge >= 0.3 is 0 Å². The van der Waals surface area contributed by atoms with Crippen molar-refractivity contribution in [2.75, 3.05) is 26.7 Å². The second kappa shape index (κ2) is 8.17. The van der Waals surface area contributed by atoms with Gasteiger partial charge in [-0.3, -0.25) is 0 Å². The number of hydrogen-bond acceptors (Lipinski definition) is 2. The summed E-state index contributed by atoms with van der Waals surface area (Å²) in [7, 11) is 2.17. The van der Waals surface area contributed by atoms with Crippen molar-refractivity contribution >= 4 is 0 Å². The number of unbranched alkanes of at least 4 members (excludes halogenated alkanes) is 2. The molecule has 2 heteroatoms. The zero-order chi connectivity index (χ0) is 11.6. The van der Waals surface area contributed by atoms with Crippen LogP contribution in [0.5, 0.6) is 5.75 Å². The summed E-state index contributed by atoms with van der Waals surface area (Å²) in [5, 5.41) is 0. The van der Waals surface area contributed by atoms with E-state index in [9.17, 15) is 0 Å². The minimum Gasteiger partial charge on any atom is -0.494 e. The number of ether oxygens (including phenoxy) is 1. The summed E-state index contributed by atoms with van der Waals surface area (Å²) in [6, 6.07) is 10.0. The molecule has 0 aliphatic heterocycles.